The average molecular weight is 386 g/mol. The van der Waals surface area contributed by atoms with E-state index in [0.29, 0.717) is 24.7 Å². The Morgan fingerprint density at radius 1 is 1.16 bits per heavy atom. The van der Waals surface area contributed by atoms with Gasteiger partial charge in [0.25, 0.3) is 0 Å². The van der Waals surface area contributed by atoms with E-state index >= 15 is 0 Å². The molecule has 1 atom stereocenters. The zero-order chi connectivity index (χ0) is 17.4. The molecule has 0 saturated carbocycles. The van der Waals surface area contributed by atoms with Crippen LogP contribution in [0.3, 0.4) is 0 Å². The molecule has 0 aliphatic heterocycles. The molecule has 2 rings (SSSR count). The van der Waals surface area contributed by atoms with E-state index in [2.05, 4.69) is 0 Å². The second-order valence-corrected chi connectivity index (χ2v) is 6.26. The third-order valence-electron chi connectivity index (χ3n) is 3.70. The Labute approximate surface area is 160 Å². The molecule has 2 aromatic carbocycles. The van der Waals surface area contributed by atoms with Crippen LogP contribution in [0.4, 0.5) is 0 Å². The summed E-state index contributed by atoms with van der Waals surface area (Å²) in [6.45, 7) is 3.78. The van der Waals surface area contributed by atoms with Crippen molar-refractivity contribution in [2.75, 3.05) is 26.3 Å². The van der Waals surface area contributed by atoms with Gasteiger partial charge in [0.1, 0.15) is 18.5 Å². The van der Waals surface area contributed by atoms with Crippen molar-refractivity contribution < 1.29 is 14.9 Å². The van der Waals surface area contributed by atoms with E-state index < -0.39 is 6.10 Å². The van der Waals surface area contributed by atoms with Gasteiger partial charge in [0.2, 0.25) is 0 Å². The third-order valence-corrected chi connectivity index (χ3v) is 3.94. The van der Waals surface area contributed by atoms with Crippen LogP contribution in [0, 0.1) is 6.92 Å². The highest BCUT2D eigenvalue weighted by Gasteiger charge is 2.13. The van der Waals surface area contributed by atoms with Crippen molar-refractivity contribution in [2.45, 2.75) is 19.6 Å². The van der Waals surface area contributed by atoms with Crippen LogP contribution in [0.5, 0.6) is 5.75 Å². The molecular weight excluding hydrogens is 361 g/mol. The largest absolute Gasteiger partial charge is 0.491 e. The quantitative estimate of drug-likeness (QED) is 0.695. The number of aliphatic hydroxyl groups is 2. The number of nitrogens with zero attached hydrogens (tertiary/aromatic N) is 1. The van der Waals surface area contributed by atoms with Crippen molar-refractivity contribution in [3.63, 3.8) is 0 Å². The molecule has 0 aliphatic carbocycles. The number of benzene rings is 2. The predicted molar refractivity (Wildman–Crippen MR) is 104 cm³/mol. The molecule has 0 fully saturated rings. The predicted octanol–water partition coefficient (Wildman–Crippen LogP) is 3.30. The summed E-state index contributed by atoms with van der Waals surface area (Å²) in [5.74, 6) is 0.718. The topological polar surface area (TPSA) is 52.9 Å². The maximum absolute atomic E-state index is 10.3. The summed E-state index contributed by atoms with van der Waals surface area (Å²) in [5, 5.41) is 20.2. The number of ether oxygens (including phenoxy) is 1. The van der Waals surface area contributed by atoms with Crippen LogP contribution in [-0.4, -0.2) is 47.5 Å². The van der Waals surface area contributed by atoms with Gasteiger partial charge in [-0.05, 0) is 36.2 Å². The third kappa shape index (κ3) is 7.63. The first-order valence-corrected chi connectivity index (χ1v) is 8.40. The number of halogens is 2. The van der Waals surface area contributed by atoms with Gasteiger partial charge in [-0.2, -0.15) is 0 Å². The standard InChI is InChI=1S/C19H24ClNO3.ClH/c1-15-11-17(20)7-8-19(15)24-14-18(23)13-21(9-10-22)12-16-5-3-2-4-6-16;/h2-8,11,18,22-23H,9-10,12-14H2,1H3;1H. The number of aryl methyl sites for hydroxylation is 1. The van der Waals surface area contributed by atoms with E-state index in [9.17, 15) is 10.2 Å². The Morgan fingerprint density at radius 3 is 2.52 bits per heavy atom. The van der Waals surface area contributed by atoms with Gasteiger partial charge >= 0.3 is 0 Å². The van der Waals surface area contributed by atoms with Gasteiger partial charge < -0.3 is 14.9 Å². The molecule has 2 aromatic rings. The van der Waals surface area contributed by atoms with Crippen molar-refractivity contribution >= 4 is 24.0 Å². The molecule has 0 aromatic heterocycles. The maximum Gasteiger partial charge on any atom is 0.122 e. The second kappa shape index (κ2) is 11.3. The molecule has 6 heteroatoms. The van der Waals surface area contributed by atoms with Crippen molar-refractivity contribution in [1.29, 1.82) is 0 Å². The summed E-state index contributed by atoms with van der Waals surface area (Å²) >= 11 is 5.92. The Morgan fingerprint density at radius 2 is 1.88 bits per heavy atom. The SMILES string of the molecule is Cc1cc(Cl)ccc1OCC(O)CN(CCO)Cc1ccccc1.Cl. The smallest absolute Gasteiger partial charge is 0.122 e. The van der Waals surface area contributed by atoms with Gasteiger partial charge in [0.05, 0.1) is 6.61 Å². The highest BCUT2D eigenvalue weighted by Crippen LogP contribution is 2.21. The maximum atomic E-state index is 10.3. The van der Waals surface area contributed by atoms with Crippen LogP contribution >= 0.6 is 24.0 Å². The molecule has 0 radical (unpaired) electrons. The lowest BCUT2D eigenvalue weighted by Crippen LogP contribution is -2.37. The molecule has 1 unspecified atom stereocenters. The molecule has 0 saturated heterocycles. The van der Waals surface area contributed by atoms with Crippen molar-refractivity contribution in [1.82, 2.24) is 4.90 Å². The Kier molecular flexibility index (Phi) is 9.86. The summed E-state index contributed by atoms with van der Waals surface area (Å²) in [7, 11) is 0. The lowest BCUT2D eigenvalue weighted by molar-refractivity contribution is 0.0588. The molecule has 25 heavy (non-hydrogen) atoms. The summed E-state index contributed by atoms with van der Waals surface area (Å²) < 4.78 is 5.68. The van der Waals surface area contributed by atoms with E-state index in [1.807, 2.05) is 48.2 Å². The molecule has 0 heterocycles. The van der Waals surface area contributed by atoms with Crippen LogP contribution in [0.1, 0.15) is 11.1 Å². The first-order valence-electron chi connectivity index (χ1n) is 8.02. The molecule has 138 valence electrons. The van der Waals surface area contributed by atoms with Gasteiger partial charge in [-0.3, -0.25) is 4.90 Å². The monoisotopic (exact) mass is 385 g/mol. The van der Waals surface area contributed by atoms with Crippen molar-refractivity contribution in [2.24, 2.45) is 0 Å². The fourth-order valence-corrected chi connectivity index (χ4v) is 2.76. The summed E-state index contributed by atoms with van der Waals surface area (Å²) in [4.78, 5) is 2.01. The normalized spacial score (nSPS) is 11.9. The van der Waals surface area contributed by atoms with Gasteiger partial charge in [-0.1, -0.05) is 41.9 Å². The van der Waals surface area contributed by atoms with E-state index in [-0.39, 0.29) is 25.6 Å². The van der Waals surface area contributed by atoms with Crippen LogP contribution in [-0.2, 0) is 6.54 Å². The summed E-state index contributed by atoms with van der Waals surface area (Å²) in [5.41, 5.74) is 2.08. The molecule has 0 spiro atoms. The van der Waals surface area contributed by atoms with Gasteiger partial charge in [-0.25, -0.2) is 0 Å². The number of hydrogen-bond acceptors (Lipinski definition) is 4. The Hall–Kier alpha value is -1.30. The molecule has 4 nitrogen and oxygen atoms in total. The fraction of sp³-hybridized carbons (Fsp3) is 0.368. The number of hydrogen-bond donors (Lipinski definition) is 2. The Bertz CT molecular complexity index is 625. The summed E-state index contributed by atoms with van der Waals surface area (Å²) in [6, 6.07) is 15.4. The molecule has 0 amide bonds. The van der Waals surface area contributed by atoms with E-state index in [0.717, 1.165) is 16.9 Å². The first kappa shape index (κ1) is 21.7. The highest BCUT2D eigenvalue weighted by molar-refractivity contribution is 6.30. The average Bonchev–Trinajstić information content (AvgIpc) is 2.55. The van der Waals surface area contributed by atoms with E-state index in [1.165, 1.54) is 0 Å². The first-order chi connectivity index (χ1) is 11.6. The van der Waals surface area contributed by atoms with Crippen LogP contribution in [0.25, 0.3) is 0 Å². The lowest BCUT2D eigenvalue weighted by atomic mass is 10.2. The number of rotatable bonds is 9. The molecule has 2 N–H and O–H groups in total. The molecular formula is C19H25Cl2NO3. The van der Waals surface area contributed by atoms with E-state index in [1.54, 1.807) is 12.1 Å². The van der Waals surface area contributed by atoms with Gasteiger partial charge in [-0.15, -0.1) is 12.4 Å². The van der Waals surface area contributed by atoms with Crippen molar-refractivity contribution in [3.05, 3.63) is 64.7 Å². The van der Waals surface area contributed by atoms with Crippen LogP contribution in [0.2, 0.25) is 5.02 Å². The van der Waals surface area contributed by atoms with Crippen LogP contribution < -0.4 is 4.74 Å². The minimum absolute atomic E-state index is 0. The minimum atomic E-state index is -0.643. The highest BCUT2D eigenvalue weighted by atomic mass is 35.5. The molecule has 0 bridgehead atoms. The summed E-state index contributed by atoms with van der Waals surface area (Å²) in [6.07, 6.45) is -0.643. The van der Waals surface area contributed by atoms with Crippen molar-refractivity contribution in [3.8, 4) is 5.75 Å². The van der Waals surface area contributed by atoms with E-state index in [4.69, 9.17) is 16.3 Å². The Balaban J connectivity index is 0.00000312. The zero-order valence-corrected chi connectivity index (χ0v) is 15.8. The second-order valence-electron chi connectivity index (χ2n) is 5.82. The molecule has 0 aliphatic rings. The fourth-order valence-electron chi connectivity index (χ4n) is 2.53. The minimum Gasteiger partial charge on any atom is -0.491 e. The zero-order valence-electron chi connectivity index (χ0n) is 14.3. The van der Waals surface area contributed by atoms with Crippen LogP contribution in [0.15, 0.2) is 48.5 Å². The number of aliphatic hydroxyl groups excluding tert-OH is 2. The van der Waals surface area contributed by atoms with Gasteiger partial charge in [0, 0.05) is 24.7 Å². The van der Waals surface area contributed by atoms with Gasteiger partial charge in [0.15, 0.2) is 0 Å². The lowest BCUT2D eigenvalue weighted by Gasteiger charge is -2.24.